The van der Waals surface area contributed by atoms with Gasteiger partial charge in [-0.2, -0.15) is 10.1 Å². The summed E-state index contributed by atoms with van der Waals surface area (Å²) in [5.74, 6) is 1.06. The molecule has 5 nitrogen and oxygen atoms in total. The topological polar surface area (TPSA) is 67.6 Å². The molecule has 0 atom stereocenters. The lowest BCUT2D eigenvalue weighted by atomic mass is 10.1. The van der Waals surface area contributed by atoms with Crippen molar-refractivity contribution in [3.8, 4) is 22.7 Å². The molecule has 2 aromatic heterocycles. The normalized spacial score (nSPS) is 10.6. The second-order valence-electron chi connectivity index (χ2n) is 3.67. The van der Waals surface area contributed by atoms with Crippen LogP contribution in [-0.2, 0) is 0 Å². The van der Waals surface area contributed by atoms with Gasteiger partial charge in [0.15, 0.2) is 5.82 Å². The van der Waals surface area contributed by atoms with E-state index in [-0.39, 0.29) is 0 Å². The Morgan fingerprint density at radius 2 is 2.00 bits per heavy atom. The Hall–Kier alpha value is -2.43. The predicted molar refractivity (Wildman–Crippen MR) is 62.1 cm³/mol. The summed E-state index contributed by atoms with van der Waals surface area (Å²) in [5, 5.41) is 10.7. The predicted octanol–water partition coefficient (Wildman–Crippen LogP) is 2.44. The van der Waals surface area contributed by atoms with Crippen molar-refractivity contribution < 1.29 is 4.52 Å². The molecular formula is C12H10N4O. The summed E-state index contributed by atoms with van der Waals surface area (Å²) in [5.41, 5.74) is 2.76. The molecule has 0 aliphatic rings. The molecule has 0 saturated heterocycles. The molecule has 17 heavy (non-hydrogen) atoms. The lowest BCUT2D eigenvalue weighted by molar-refractivity contribution is 0.424. The number of aromatic nitrogens is 4. The molecule has 0 spiro atoms. The Labute approximate surface area is 97.5 Å². The maximum absolute atomic E-state index is 5.14. The van der Waals surface area contributed by atoms with Crippen molar-refractivity contribution in [3.63, 3.8) is 0 Å². The van der Waals surface area contributed by atoms with Crippen LogP contribution in [-0.4, -0.2) is 20.3 Å². The summed E-state index contributed by atoms with van der Waals surface area (Å²) in [7, 11) is 0. The molecule has 0 amide bonds. The molecule has 0 radical (unpaired) electrons. The van der Waals surface area contributed by atoms with Gasteiger partial charge in [0.1, 0.15) is 5.69 Å². The maximum Gasteiger partial charge on any atom is 0.276 e. The second kappa shape index (κ2) is 3.86. The van der Waals surface area contributed by atoms with Crippen LogP contribution in [0.1, 0.15) is 5.82 Å². The fourth-order valence-corrected chi connectivity index (χ4v) is 1.68. The third-order valence-electron chi connectivity index (χ3n) is 2.47. The van der Waals surface area contributed by atoms with E-state index < -0.39 is 0 Å². The minimum Gasteiger partial charge on any atom is -0.332 e. The quantitative estimate of drug-likeness (QED) is 0.728. The first-order valence-electron chi connectivity index (χ1n) is 5.24. The lowest BCUT2D eigenvalue weighted by Crippen LogP contribution is -1.82. The van der Waals surface area contributed by atoms with Gasteiger partial charge in [0.2, 0.25) is 0 Å². The smallest absolute Gasteiger partial charge is 0.276 e. The summed E-state index contributed by atoms with van der Waals surface area (Å²) in [6.45, 7) is 1.78. The first-order chi connectivity index (χ1) is 8.34. The average molecular weight is 226 g/mol. The van der Waals surface area contributed by atoms with Crippen LogP contribution in [0, 0.1) is 6.92 Å². The first-order valence-corrected chi connectivity index (χ1v) is 5.24. The van der Waals surface area contributed by atoms with Crippen molar-refractivity contribution >= 4 is 0 Å². The van der Waals surface area contributed by atoms with Crippen molar-refractivity contribution in [1.82, 2.24) is 20.3 Å². The molecule has 0 fully saturated rings. The molecule has 3 aromatic rings. The summed E-state index contributed by atoms with van der Waals surface area (Å²) >= 11 is 0. The SMILES string of the molecule is Cc1noc(-c2[nH]ncc2-c2ccccc2)n1. The Balaban J connectivity index is 2.12. The van der Waals surface area contributed by atoms with E-state index in [4.69, 9.17) is 4.52 Å². The van der Waals surface area contributed by atoms with Crippen molar-refractivity contribution in [1.29, 1.82) is 0 Å². The van der Waals surface area contributed by atoms with E-state index in [0.29, 0.717) is 11.7 Å². The Morgan fingerprint density at radius 1 is 1.18 bits per heavy atom. The zero-order valence-electron chi connectivity index (χ0n) is 9.21. The highest BCUT2D eigenvalue weighted by molar-refractivity contribution is 5.76. The molecule has 0 aliphatic heterocycles. The number of H-pyrrole nitrogens is 1. The van der Waals surface area contributed by atoms with E-state index in [2.05, 4.69) is 20.3 Å². The minimum atomic E-state index is 0.457. The highest BCUT2D eigenvalue weighted by atomic mass is 16.5. The molecule has 0 unspecified atom stereocenters. The summed E-state index contributed by atoms with van der Waals surface area (Å²) < 4.78 is 5.14. The van der Waals surface area contributed by atoms with Crippen LogP contribution in [0.5, 0.6) is 0 Å². The molecule has 1 aromatic carbocycles. The molecule has 84 valence electrons. The molecule has 0 bridgehead atoms. The third kappa shape index (κ3) is 1.71. The van der Waals surface area contributed by atoms with Gasteiger partial charge >= 0.3 is 0 Å². The minimum absolute atomic E-state index is 0.457. The van der Waals surface area contributed by atoms with Gasteiger partial charge in [0.25, 0.3) is 5.89 Å². The molecule has 0 saturated carbocycles. The molecule has 2 heterocycles. The number of rotatable bonds is 2. The van der Waals surface area contributed by atoms with Gasteiger partial charge in [-0.05, 0) is 12.5 Å². The monoisotopic (exact) mass is 226 g/mol. The molecule has 1 N–H and O–H groups in total. The Kier molecular flexibility index (Phi) is 2.22. The van der Waals surface area contributed by atoms with Gasteiger partial charge in [-0.3, -0.25) is 5.10 Å². The number of hydrogen-bond donors (Lipinski definition) is 1. The van der Waals surface area contributed by atoms with Crippen LogP contribution in [0.4, 0.5) is 0 Å². The van der Waals surface area contributed by atoms with E-state index in [1.807, 2.05) is 30.3 Å². The van der Waals surface area contributed by atoms with Crippen molar-refractivity contribution in [3.05, 3.63) is 42.4 Å². The number of nitrogens with one attached hydrogen (secondary N) is 1. The fraction of sp³-hybridized carbons (Fsp3) is 0.0833. The standard InChI is InChI=1S/C12H10N4O/c1-8-14-12(17-16-8)11-10(7-13-15-11)9-5-3-2-4-6-9/h2-7H,1H3,(H,13,15). The van der Waals surface area contributed by atoms with Crippen molar-refractivity contribution in [2.45, 2.75) is 6.92 Å². The van der Waals surface area contributed by atoms with E-state index in [1.165, 1.54) is 0 Å². The molecule has 0 aliphatic carbocycles. The van der Waals surface area contributed by atoms with Gasteiger partial charge in [0, 0.05) is 5.56 Å². The average Bonchev–Trinajstić information content (AvgIpc) is 2.98. The Morgan fingerprint density at radius 3 is 2.71 bits per heavy atom. The summed E-state index contributed by atoms with van der Waals surface area (Å²) in [6, 6.07) is 9.95. The third-order valence-corrected chi connectivity index (χ3v) is 2.47. The number of benzene rings is 1. The number of nitrogens with zero attached hydrogens (tertiary/aromatic N) is 3. The van der Waals surface area contributed by atoms with Crippen LogP contribution in [0.2, 0.25) is 0 Å². The van der Waals surface area contributed by atoms with E-state index in [0.717, 1.165) is 16.8 Å². The zero-order chi connectivity index (χ0) is 11.7. The van der Waals surface area contributed by atoms with Crippen LogP contribution in [0.25, 0.3) is 22.7 Å². The van der Waals surface area contributed by atoms with Crippen molar-refractivity contribution in [2.24, 2.45) is 0 Å². The van der Waals surface area contributed by atoms with Crippen LogP contribution in [0.15, 0.2) is 41.1 Å². The summed E-state index contributed by atoms with van der Waals surface area (Å²) in [6.07, 6.45) is 1.75. The van der Waals surface area contributed by atoms with Crippen LogP contribution < -0.4 is 0 Å². The van der Waals surface area contributed by atoms with Gasteiger partial charge in [0.05, 0.1) is 6.20 Å². The fourth-order valence-electron chi connectivity index (χ4n) is 1.68. The molecule has 5 heteroatoms. The first kappa shape index (κ1) is 9.77. The number of aromatic amines is 1. The number of aryl methyl sites for hydroxylation is 1. The highest BCUT2D eigenvalue weighted by Crippen LogP contribution is 2.28. The summed E-state index contributed by atoms with van der Waals surface area (Å²) in [4.78, 5) is 4.19. The maximum atomic E-state index is 5.14. The van der Waals surface area contributed by atoms with Crippen LogP contribution in [0.3, 0.4) is 0 Å². The zero-order valence-corrected chi connectivity index (χ0v) is 9.21. The van der Waals surface area contributed by atoms with E-state index >= 15 is 0 Å². The lowest BCUT2D eigenvalue weighted by Gasteiger charge is -1.98. The van der Waals surface area contributed by atoms with Crippen LogP contribution >= 0.6 is 0 Å². The Bertz CT molecular complexity index is 627. The molecule has 3 rings (SSSR count). The number of hydrogen-bond acceptors (Lipinski definition) is 4. The second-order valence-corrected chi connectivity index (χ2v) is 3.67. The largest absolute Gasteiger partial charge is 0.332 e. The highest BCUT2D eigenvalue weighted by Gasteiger charge is 2.14. The molecular weight excluding hydrogens is 216 g/mol. The van der Waals surface area contributed by atoms with Crippen molar-refractivity contribution in [2.75, 3.05) is 0 Å². The van der Waals surface area contributed by atoms with E-state index in [9.17, 15) is 0 Å². The van der Waals surface area contributed by atoms with Gasteiger partial charge in [-0.1, -0.05) is 35.5 Å². The van der Waals surface area contributed by atoms with Gasteiger partial charge < -0.3 is 4.52 Å². The van der Waals surface area contributed by atoms with Gasteiger partial charge in [-0.25, -0.2) is 0 Å². The van der Waals surface area contributed by atoms with E-state index in [1.54, 1.807) is 13.1 Å². The van der Waals surface area contributed by atoms with Gasteiger partial charge in [-0.15, -0.1) is 0 Å².